The molecule has 2 heterocycles. The smallest absolute Gasteiger partial charge is 0.223 e. The molecule has 0 radical (unpaired) electrons. The molecule has 1 fully saturated rings. The molecule has 4 nitrogen and oxygen atoms in total. The lowest BCUT2D eigenvalue weighted by atomic mass is 9.89. The van der Waals surface area contributed by atoms with E-state index in [1.165, 1.54) is 11.1 Å². The Kier molecular flexibility index (Phi) is 6.86. The number of benzene rings is 2. The molecule has 1 aliphatic rings. The van der Waals surface area contributed by atoms with E-state index >= 15 is 0 Å². The second-order valence-electron chi connectivity index (χ2n) is 8.98. The number of nitrogens with zero attached hydrogens (tertiary/aromatic N) is 2. The molecule has 1 amide bonds. The molecule has 4 heteroatoms. The molecule has 4 rings (SSSR count). The first-order valence-electron chi connectivity index (χ1n) is 11.4. The molecule has 0 spiro atoms. The third-order valence-corrected chi connectivity index (χ3v) is 6.11. The minimum Gasteiger partial charge on any atom is -0.441 e. The van der Waals surface area contributed by atoms with Gasteiger partial charge in [-0.2, -0.15) is 0 Å². The van der Waals surface area contributed by atoms with Gasteiger partial charge in [-0.15, -0.1) is 0 Å². The van der Waals surface area contributed by atoms with Crippen molar-refractivity contribution >= 4 is 5.91 Å². The number of aromatic nitrogens is 1. The fraction of sp³-hybridized carbons (Fsp3) is 0.407. The van der Waals surface area contributed by atoms with Gasteiger partial charge in [0, 0.05) is 31.5 Å². The van der Waals surface area contributed by atoms with E-state index in [0.29, 0.717) is 30.6 Å². The van der Waals surface area contributed by atoms with Gasteiger partial charge in [0.1, 0.15) is 0 Å². The second kappa shape index (κ2) is 9.95. The molecule has 0 unspecified atom stereocenters. The van der Waals surface area contributed by atoms with Crippen molar-refractivity contribution in [1.82, 2.24) is 9.88 Å². The average Bonchev–Trinajstić information content (AvgIpc) is 3.27. The van der Waals surface area contributed by atoms with Crippen molar-refractivity contribution in [2.75, 3.05) is 13.1 Å². The van der Waals surface area contributed by atoms with E-state index in [9.17, 15) is 4.79 Å². The maximum Gasteiger partial charge on any atom is 0.223 e. The highest BCUT2D eigenvalue weighted by Crippen LogP contribution is 2.28. The van der Waals surface area contributed by atoms with Crippen LogP contribution in [-0.2, 0) is 17.6 Å². The molecular formula is C27H32N2O2. The van der Waals surface area contributed by atoms with Crippen LogP contribution < -0.4 is 0 Å². The number of carbonyl (C=O) groups excluding carboxylic acids is 1. The highest BCUT2D eigenvalue weighted by Gasteiger charge is 2.23. The summed E-state index contributed by atoms with van der Waals surface area (Å²) in [5.74, 6) is 2.80. The molecule has 31 heavy (non-hydrogen) atoms. The first-order chi connectivity index (χ1) is 15.1. The molecule has 0 aliphatic carbocycles. The molecule has 0 saturated carbocycles. The topological polar surface area (TPSA) is 46.3 Å². The van der Waals surface area contributed by atoms with Crippen LogP contribution in [0.15, 0.2) is 65.2 Å². The first kappa shape index (κ1) is 21.4. The summed E-state index contributed by atoms with van der Waals surface area (Å²) in [6, 6.07) is 19.1. The Bertz CT molecular complexity index is 968. The molecule has 162 valence electrons. The zero-order valence-electron chi connectivity index (χ0n) is 18.6. The van der Waals surface area contributed by atoms with Crippen LogP contribution >= 0.6 is 0 Å². The molecule has 1 saturated heterocycles. The normalized spacial score (nSPS) is 14.9. The van der Waals surface area contributed by atoms with Gasteiger partial charge in [-0.1, -0.05) is 68.4 Å². The maximum atomic E-state index is 12.7. The van der Waals surface area contributed by atoms with Crippen LogP contribution in [0.5, 0.6) is 0 Å². The van der Waals surface area contributed by atoms with E-state index in [1.54, 1.807) is 6.20 Å². The van der Waals surface area contributed by atoms with Crippen LogP contribution in [0.2, 0.25) is 0 Å². The number of piperidine rings is 1. The largest absolute Gasteiger partial charge is 0.441 e. The van der Waals surface area contributed by atoms with Crippen LogP contribution in [0.25, 0.3) is 11.3 Å². The van der Waals surface area contributed by atoms with Gasteiger partial charge in [-0.3, -0.25) is 4.79 Å². The van der Waals surface area contributed by atoms with Gasteiger partial charge in [0.25, 0.3) is 0 Å². The van der Waals surface area contributed by atoms with E-state index in [4.69, 9.17) is 4.42 Å². The monoisotopic (exact) mass is 416 g/mol. The summed E-state index contributed by atoms with van der Waals surface area (Å²) in [7, 11) is 0. The first-order valence-corrected chi connectivity index (χ1v) is 11.4. The molecule has 0 atom stereocenters. The van der Waals surface area contributed by atoms with Crippen LogP contribution in [0.3, 0.4) is 0 Å². The zero-order chi connectivity index (χ0) is 21.6. The Morgan fingerprint density at radius 1 is 1.06 bits per heavy atom. The van der Waals surface area contributed by atoms with Gasteiger partial charge in [0.05, 0.1) is 6.20 Å². The minimum atomic E-state index is 0.198. The molecule has 1 aromatic heterocycles. The third kappa shape index (κ3) is 5.63. The summed E-state index contributed by atoms with van der Waals surface area (Å²) < 4.78 is 5.92. The van der Waals surface area contributed by atoms with Gasteiger partial charge in [0.15, 0.2) is 11.7 Å². The van der Waals surface area contributed by atoms with Gasteiger partial charge in [-0.25, -0.2) is 4.98 Å². The van der Waals surface area contributed by atoms with Crippen molar-refractivity contribution in [2.24, 2.45) is 5.92 Å². The lowest BCUT2D eigenvalue weighted by Gasteiger charge is -2.32. The number of likely N-dealkylation sites (tertiary alicyclic amines) is 1. The number of oxazole rings is 1. The highest BCUT2D eigenvalue weighted by atomic mass is 16.4. The van der Waals surface area contributed by atoms with Crippen LogP contribution in [0, 0.1) is 5.92 Å². The van der Waals surface area contributed by atoms with Crippen LogP contribution in [0.1, 0.15) is 56.0 Å². The lowest BCUT2D eigenvalue weighted by Crippen LogP contribution is -2.38. The predicted molar refractivity (Wildman–Crippen MR) is 124 cm³/mol. The number of aryl methyl sites for hydroxylation is 1. The van der Waals surface area contributed by atoms with Gasteiger partial charge >= 0.3 is 0 Å². The molecule has 1 aliphatic heterocycles. The molecular weight excluding hydrogens is 384 g/mol. The number of hydrogen-bond donors (Lipinski definition) is 0. The summed E-state index contributed by atoms with van der Waals surface area (Å²) in [6.45, 7) is 6.11. The SMILES string of the molecule is CC(C)Cc1ccc(-c2cnc(CCC(=O)N3CCC(c4ccccc4)CC3)o2)cc1. The van der Waals surface area contributed by atoms with Crippen molar-refractivity contribution < 1.29 is 9.21 Å². The lowest BCUT2D eigenvalue weighted by molar-refractivity contribution is -0.132. The molecule has 2 aromatic carbocycles. The van der Waals surface area contributed by atoms with E-state index in [2.05, 4.69) is 73.4 Å². The number of carbonyl (C=O) groups is 1. The van der Waals surface area contributed by atoms with E-state index in [-0.39, 0.29) is 5.91 Å². The van der Waals surface area contributed by atoms with Gasteiger partial charge < -0.3 is 9.32 Å². The van der Waals surface area contributed by atoms with Gasteiger partial charge in [-0.05, 0) is 42.2 Å². The van der Waals surface area contributed by atoms with Crippen molar-refractivity contribution in [3.8, 4) is 11.3 Å². The van der Waals surface area contributed by atoms with Crippen molar-refractivity contribution in [1.29, 1.82) is 0 Å². The summed E-state index contributed by atoms with van der Waals surface area (Å²) in [5.41, 5.74) is 3.75. The third-order valence-electron chi connectivity index (χ3n) is 6.11. The fourth-order valence-electron chi connectivity index (χ4n) is 4.40. The minimum absolute atomic E-state index is 0.198. The summed E-state index contributed by atoms with van der Waals surface area (Å²) >= 11 is 0. The average molecular weight is 417 g/mol. The summed E-state index contributed by atoms with van der Waals surface area (Å²) in [5, 5.41) is 0. The Morgan fingerprint density at radius 3 is 2.45 bits per heavy atom. The fourth-order valence-corrected chi connectivity index (χ4v) is 4.40. The number of rotatable bonds is 7. The predicted octanol–water partition coefficient (Wildman–Crippen LogP) is 5.88. The standard InChI is InChI=1S/C27H32N2O2/c1-20(2)18-21-8-10-24(11-9-21)25-19-28-26(31-25)12-13-27(30)29-16-14-23(15-17-29)22-6-4-3-5-7-22/h3-11,19-20,23H,12-18H2,1-2H3. The molecule has 0 N–H and O–H groups in total. The van der Waals surface area contributed by atoms with Crippen LogP contribution in [0.4, 0.5) is 0 Å². The van der Waals surface area contributed by atoms with Crippen LogP contribution in [-0.4, -0.2) is 28.9 Å². The number of amides is 1. The van der Waals surface area contributed by atoms with Crippen molar-refractivity contribution in [3.05, 3.63) is 77.8 Å². The molecule has 0 bridgehead atoms. The number of hydrogen-bond acceptors (Lipinski definition) is 3. The maximum absolute atomic E-state index is 12.7. The highest BCUT2D eigenvalue weighted by molar-refractivity contribution is 5.76. The van der Waals surface area contributed by atoms with E-state index < -0.39 is 0 Å². The van der Waals surface area contributed by atoms with E-state index in [1.807, 2.05) is 4.90 Å². The summed E-state index contributed by atoms with van der Waals surface area (Å²) in [4.78, 5) is 19.1. The van der Waals surface area contributed by atoms with Crippen molar-refractivity contribution in [3.63, 3.8) is 0 Å². The Balaban J connectivity index is 1.26. The van der Waals surface area contributed by atoms with Crippen molar-refractivity contribution in [2.45, 2.75) is 51.9 Å². The Hall–Kier alpha value is -2.88. The summed E-state index contributed by atoms with van der Waals surface area (Å²) in [6.07, 6.45) is 5.90. The van der Waals surface area contributed by atoms with Gasteiger partial charge in [0.2, 0.25) is 5.91 Å². The quantitative estimate of drug-likeness (QED) is 0.483. The Morgan fingerprint density at radius 2 is 1.77 bits per heavy atom. The van der Waals surface area contributed by atoms with E-state index in [0.717, 1.165) is 43.7 Å². The Labute approximate surface area is 185 Å². The second-order valence-corrected chi connectivity index (χ2v) is 8.98. The zero-order valence-corrected chi connectivity index (χ0v) is 18.6. The molecule has 3 aromatic rings.